The zero-order chi connectivity index (χ0) is 39.8. The molecule has 2 heteroatoms. The van der Waals surface area contributed by atoms with E-state index >= 15 is 0 Å². The molecule has 11 aromatic rings. The average molecular weight is 782 g/mol. The van der Waals surface area contributed by atoms with Crippen LogP contribution in [0.4, 0.5) is 17.1 Å². The third-order valence-electron chi connectivity index (χ3n) is 11.7. The number of fused-ring (bicyclic) bond motifs is 4. The van der Waals surface area contributed by atoms with E-state index in [0.717, 1.165) is 17.1 Å². The minimum atomic E-state index is 1.10. The molecule has 0 N–H and O–H groups in total. The van der Waals surface area contributed by atoms with E-state index in [2.05, 4.69) is 241 Å². The largest absolute Gasteiger partial charge is 0.310 e. The SMILES string of the molecule is c1ccc(-c2ccc(-c3ccc(N(c4cccc(-c5ccc(-c6cccc7ccccc67)cc5)c4)c4ccccc4-c4ccc5c(c4)sc4ccccc45)cc3)cc2)cc1. The third kappa shape index (κ3) is 6.63. The molecule has 11 rings (SSSR count). The number of rotatable bonds is 8. The lowest BCUT2D eigenvalue weighted by Crippen LogP contribution is -2.11. The van der Waals surface area contributed by atoms with Crippen molar-refractivity contribution in [3.8, 4) is 55.6 Å². The summed E-state index contributed by atoms with van der Waals surface area (Å²) in [4.78, 5) is 2.42. The lowest BCUT2D eigenvalue weighted by atomic mass is 9.96. The second kappa shape index (κ2) is 15.3. The Balaban J connectivity index is 0.997. The van der Waals surface area contributed by atoms with Crippen LogP contribution in [0.3, 0.4) is 0 Å². The van der Waals surface area contributed by atoms with E-state index < -0.39 is 0 Å². The Morgan fingerprint density at radius 2 is 0.783 bits per heavy atom. The Morgan fingerprint density at radius 1 is 0.267 bits per heavy atom. The Morgan fingerprint density at radius 3 is 1.57 bits per heavy atom. The summed E-state index contributed by atoms with van der Waals surface area (Å²) in [7, 11) is 0. The van der Waals surface area contributed by atoms with Crippen molar-refractivity contribution in [3.05, 3.63) is 237 Å². The van der Waals surface area contributed by atoms with Crippen molar-refractivity contribution in [1.29, 1.82) is 0 Å². The van der Waals surface area contributed by atoms with Crippen LogP contribution in [0.2, 0.25) is 0 Å². The van der Waals surface area contributed by atoms with Crippen LogP contribution in [0.1, 0.15) is 0 Å². The highest BCUT2D eigenvalue weighted by Crippen LogP contribution is 2.44. The molecule has 0 saturated heterocycles. The molecule has 0 aliphatic heterocycles. The van der Waals surface area contributed by atoms with Crippen LogP contribution in [0.25, 0.3) is 86.6 Å². The van der Waals surface area contributed by atoms with Gasteiger partial charge in [-0.15, -0.1) is 11.3 Å². The van der Waals surface area contributed by atoms with Crippen molar-refractivity contribution in [1.82, 2.24) is 0 Å². The molecule has 0 bridgehead atoms. The van der Waals surface area contributed by atoms with Gasteiger partial charge in [-0.2, -0.15) is 0 Å². The Bertz CT molecular complexity index is 3280. The number of anilines is 3. The summed E-state index contributed by atoms with van der Waals surface area (Å²) < 4.78 is 2.61. The number of hydrogen-bond acceptors (Lipinski definition) is 2. The molecule has 1 heterocycles. The lowest BCUT2D eigenvalue weighted by molar-refractivity contribution is 1.28. The second-order valence-corrected chi connectivity index (χ2v) is 16.4. The number of para-hydroxylation sites is 1. The van der Waals surface area contributed by atoms with Crippen molar-refractivity contribution >= 4 is 59.3 Å². The van der Waals surface area contributed by atoms with Gasteiger partial charge in [-0.05, 0) is 103 Å². The first kappa shape index (κ1) is 35.6. The molecule has 0 fully saturated rings. The first-order valence-electron chi connectivity index (χ1n) is 20.5. The fourth-order valence-corrected chi connectivity index (χ4v) is 9.81. The number of nitrogens with zero attached hydrogens (tertiary/aromatic N) is 1. The summed E-state index contributed by atoms with van der Waals surface area (Å²) in [6.07, 6.45) is 0. The highest BCUT2D eigenvalue weighted by Gasteiger charge is 2.19. The van der Waals surface area contributed by atoms with Gasteiger partial charge in [0.1, 0.15) is 0 Å². The summed E-state index contributed by atoms with van der Waals surface area (Å²) in [6, 6.07) is 86.1. The molecule has 0 aliphatic carbocycles. The first-order valence-corrected chi connectivity index (χ1v) is 21.3. The van der Waals surface area contributed by atoms with Crippen LogP contribution in [-0.4, -0.2) is 0 Å². The number of hydrogen-bond donors (Lipinski definition) is 0. The summed E-state index contributed by atoms with van der Waals surface area (Å²) in [5, 5.41) is 5.15. The molecule has 10 aromatic carbocycles. The quantitative estimate of drug-likeness (QED) is 0.148. The van der Waals surface area contributed by atoms with E-state index in [9.17, 15) is 0 Å². The predicted octanol–water partition coefficient (Wildman–Crippen LogP) is 17.0. The average Bonchev–Trinajstić information content (AvgIpc) is 3.70. The van der Waals surface area contributed by atoms with Gasteiger partial charge >= 0.3 is 0 Å². The van der Waals surface area contributed by atoms with E-state index in [-0.39, 0.29) is 0 Å². The number of benzene rings is 10. The van der Waals surface area contributed by atoms with E-state index in [4.69, 9.17) is 0 Å². The maximum absolute atomic E-state index is 2.42. The zero-order valence-electron chi connectivity index (χ0n) is 32.9. The Kier molecular flexibility index (Phi) is 9.11. The van der Waals surface area contributed by atoms with Crippen LogP contribution in [0.5, 0.6) is 0 Å². The fraction of sp³-hybridized carbons (Fsp3) is 0. The zero-order valence-corrected chi connectivity index (χ0v) is 33.7. The van der Waals surface area contributed by atoms with Gasteiger partial charge in [0, 0.05) is 37.1 Å². The van der Waals surface area contributed by atoms with E-state index in [1.807, 2.05) is 11.3 Å². The summed E-state index contributed by atoms with van der Waals surface area (Å²) in [5.74, 6) is 0. The minimum Gasteiger partial charge on any atom is -0.310 e. The minimum absolute atomic E-state index is 1.10. The standard InChI is InChI=1S/C58H39NS/c1-2-12-40(13-3-1)41-24-26-42(27-25-41)43-32-35-49(36-33-43)59(56-22-8-6-19-53(56)48-34-37-55-54-20-7-9-23-57(54)60-58(55)39-48)50-17-10-16-47(38-50)44-28-30-46(31-29-44)52-21-11-15-45-14-4-5-18-51(45)52/h1-39H. The van der Waals surface area contributed by atoms with Crippen molar-refractivity contribution in [2.24, 2.45) is 0 Å². The van der Waals surface area contributed by atoms with Crippen LogP contribution >= 0.6 is 11.3 Å². The molecule has 0 radical (unpaired) electrons. The molecule has 0 aliphatic rings. The smallest absolute Gasteiger partial charge is 0.0540 e. The van der Waals surface area contributed by atoms with Crippen molar-refractivity contribution in [2.45, 2.75) is 0 Å². The van der Waals surface area contributed by atoms with E-state index in [1.165, 1.54) is 86.6 Å². The fourth-order valence-electron chi connectivity index (χ4n) is 8.67. The summed E-state index contributed by atoms with van der Waals surface area (Å²) in [5.41, 5.74) is 15.3. The molecule has 1 nitrogen and oxygen atoms in total. The molecule has 0 spiro atoms. The molecular weight excluding hydrogens is 743 g/mol. The third-order valence-corrected chi connectivity index (χ3v) is 12.8. The number of thiophene rings is 1. The Hall–Kier alpha value is -7.52. The predicted molar refractivity (Wildman–Crippen MR) is 259 cm³/mol. The van der Waals surface area contributed by atoms with Gasteiger partial charge in [0.2, 0.25) is 0 Å². The molecule has 60 heavy (non-hydrogen) atoms. The second-order valence-electron chi connectivity index (χ2n) is 15.3. The van der Waals surface area contributed by atoms with Gasteiger partial charge in [0.05, 0.1) is 5.69 Å². The summed E-state index contributed by atoms with van der Waals surface area (Å²) >= 11 is 1.86. The van der Waals surface area contributed by atoms with Crippen molar-refractivity contribution < 1.29 is 0 Å². The molecule has 1 aromatic heterocycles. The summed E-state index contributed by atoms with van der Waals surface area (Å²) in [6.45, 7) is 0. The maximum atomic E-state index is 2.42. The maximum Gasteiger partial charge on any atom is 0.0540 e. The van der Waals surface area contributed by atoms with Crippen LogP contribution in [-0.2, 0) is 0 Å². The molecule has 0 unspecified atom stereocenters. The van der Waals surface area contributed by atoms with Gasteiger partial charge in [-0.25, -0.2) is 0 Å². The highest BCUT2D eigenvalue weighted by molar-refractivity contribution is 7.25. The lowest BCUT2D eigenvalue weighted by Gasteiger charge is -2.28. The van der Waals surface area contributed by atoms with E-state index in [0.29, 0.717) is 0 Å². The molecule has 0 amide bonds. The van der Waals surface area contributed by atoms with Gasteiger partial charge in [0.15, 0.2) is 0 Å². The monoisotopic (exact) mass is 781 g/mol. The van der Waals surface area contributed by atoms with Crippen molar-refractivity contribution in [3.63, 3.8) is 0 Å². The highest BCUT2D eigenvalue weighted by atomic mass is 32.1. The van der Waals surface area contributed by atoms with Gasteiger partial charge < -0.3 is 4.90 Å². The van der Waals surface area contributed by atoms with Crippen molar-refractivity contribution in [2.75, 3.05) is 4.90 Å². The van der Waals surface area contributed by atoms with Crippen LogP contribution in [0, 0.1) is 0 Å². The normalized spacial score (nSPS) is 11.3. The molecule has 282 valence electrons. The van der Waals surface area contributed by atoms with Gasteiger partial charge in [-0.3, -0.25) is 0 Å². The van der Waals surface area contributed by atoms with Crippen LogP contribution < -0.4 is 4.90 Å². The molecular formula is C58H39NS. The van der Waals surface area contributed by atoms with Crippen LogP contribution in [0.15, 0.2) is 237 Å². The molecule has 0 atom stereocenters. The van der Waals surface area contributed by atoms with Gasteiger partial charge in [-0.1, -0.05) is 194 Å². The topological polar surface area (TPSA) is 3.24 Å². The van der Waals surface area contributed by atoms with Gasteiger partial charge in [0.25, 0.3) is 0 Å². The Labute approximate surface area is 354 Å². The first-order chi connectivity index (χ1) is 29.7. The molecule has 0 saturated carbocycles. The van der Waals surface area contributed by atoms with E-state index in [1.54, 1.807) is 0 Å².